The van der Waals surface area contributed by atoms with Crippen LogP contribution in [0.1, 0.15) is 42.5 Å². The largest absolute Gasteiger partial charge is 0.322 e. The van der Waals surface area contributed by atoms with Gasteiger partial charge in [-0.2, -0.15) is 0 Å². The molecular weight excluding hydrogens is 284 g/mol. The van der Waals surface area contributed by atoms with Crippen LogP contribution >= 0.6 is 0 Å². The fraction of sp³-hybridized carbons (Fsp3) is 0.350. The van der Waals surface area contributed by atoms with Crippen molar-refractivity contribution in [1.29, 1.82) is 0 Å². The zero-order chi connectivity index (χ0) is 16.2. The molecular formula is C20H24N2O. The van der Waals surface area contributed by atoms with Gasteiger partial charge in [-0.3, -0.25) is 0 Å². The molecule has 1 fully saturated rings. The molecule has 2 amide bonds. The third-order valence-electron chi connectivity index (χ3n) is 4.55. The van der Waals surface area contributed by atoms with E-state index in [1.165, 1.54) is 16.7 Å². The molecule has 3 rings (SSSR count). The van der Waals surface area contributed by atoms with Crippen LogP contribution < -0.4 is 5.32 Å². The van der Waals surface area contributed by atoms with Gasteiger partial charge in [-0.25, -0.2) is 4.79 Å². The summed E-state index contributed by atoms with van der Waals surface area (Å²) < 4.78 is 0. The summed E-state index contributed by atoms with van der Waals surface area (Å²) in [5.74, 6) is 0. The lowest BCUT2D eigenvalue weighted by Gasteiger charge is -2.25. The molecule has 3 heteroatoms. The second-order valence-electron chi connectivity index (χ2n) is 6.25. The van der Waals surface area contributed by atoms with E-state index in [2.05, 4.69) is 55.6 Å². The van der Waals surface area contributed by atoms with Gasteiger partial charge in [-0.1, -0.05) is 48.9 Å². The number of rotatable bonds is 3. The summed E-state index contributed by atoms with van der Waals surface area (Å²) in [6.45, 7) is 5.04. The van der Waals surface area contributed by atoms with E-state index in [-0.39, 0.29) is 12.1 Å². The van der Waals surface area contributed by atoms with Crippen LogP contribution in [0.4, 0.5) is 10.5 Å². The third-order valence-corrected chi connectivity index (χ3v) is 4.55. The first-order valence-electron chi connectivity index (χ1n) is 8.40. The third kappa shape index (κ3) is 3.55. The number of carbonyl (C=O) groups excluding carboxylic acids is 1. The molecule has 1 N–H and O–H groups in total. The van der Waals surface area contributed by atoms with Gasteiger partial charge in [0.05, 0.1) is 6.04 Å². The average molecular weight is 308 g/mol. The molecule has 0 saturated carbocycles. The van der Waals surface area contributed by atoms with E-state index in [4.69, 9.17) is 0 Å². The first-order chi connectivity index (χ1) is 11.2. The van der Waals surface area contributed by atoms with E-state index < -0.39 is 0 Å². The Bertz CT molecular complexity index is 678. The number of hydrogen-bond acceptors (Lipinski definition) is 1. The van der Waals surface area contributed by atoms with Crippen molar-refractivity contribution in [2.24, 2.45) is 0 Å². The molecule has 120 valence electrons. The Hall–Kier alpha value is -2.29. The normalized spacial score (nSPS) is 17.3. The maximum Gasteiger partial charge on any atom is 0.322 e. The highest BCUT2D eigenvalue weighted by Gasteiger charge is 2.29. The Labute approximate surface area is 138 Å². The fourth-order valence-electron chi connectivity index (χ4n) is 3.25. The number of anilines is 1. The van der Waals surface area contributed by atoms with Gasteiger partial charge in [-0.05, 0) is 49.4 Å². The van der Waals surface area contributed by atoms with Gasteiger partial charge in [0.2, 0.25) is 0 Å². The Morgan fingerprint density at radius 1 is 1.22 bits per heavy atom. The number of likely N-dealkylation sites (tertiary alicyclic amines) is 1. The van der Waals surface area contributed by atoms with Crippen molar-refractivity contribution in [3.8, 4) is 0 Å². The molecule has 1 unspecified atom stereocenters. The number of nitrogens with zero attached hydrogens (tertiary/aromatic N) is 1. The van der Waals surface area contributed by atoms with E-state index in [0.717, 1.165) is 31.5 Å². The molecule has 2 aromatic rings. The molecule has 2 aromatic carbocycles. The summed E-state index contributed by atoms with van der Waals surface area (Å²) in [7, 11) is 0. The van der Waals surface area contributed by atoms with Crippen molar-refractivity contribution < 1.29 is 4.79 Å². The summed E-state index contributed by atoms with van der Waals surface area (Å²) >= 11 is 0. The van der Waals surface area contributed by atoms with Crippen LogP contribution in [0.25, 0.3) is 0 Å². The summed E-state index contributed by atoms with van der Waals surface area (Å²) in [6, 6.07) is 16.8. The van der Waals surface area contributed by atoms with Crippen molar-refractivity contribution in [2.75, 3.05) is 11.9 Å². The minimum Gasteiger partial charge on any atom is -0.317 e. The lowest BCUT2D eigenvalue weighted by Crippen LogP contribution is -2.34. The Morgan fingerprint density at radius 2 is 2.00 bits per heavy atom. The zero-order valence-corrected chi connectivity index (χ0v) is 13.9. The SMILES string of the molecule is CCc1ccc(NC(=O)N2CCCC2c2cccc(C)c2)cc1. The number of aryl methyl sites for hydroxylation is 2. The van der Waals surface area contributed by atoms with E-state index >= 15 is 0 Å². The minimum absolute atomic E-state index is 0.00162. The van der Waals surface area contributed by atoms with E-state index in [0.29, 0.717) is 0 Å². The highest BCUT2D eigenvalue weighted by Crippen LogP contribution is 2.32. The van der Waals surface area contributed by atoms with Crippen LogP contribution in [0.2, 0.25) is 0 Å². The predicted octanol–water partition coefficient (Wildman–Crippen LogP) is 4.93. The topological polar surface area (TPSA) is 32.3 Å². The lowest BCUT2D eigenvalue weighted by atomic mass is 10.0. The summed E-state index contributed by atoms with van der Waals surface area (Å²) in [4.78, 5) is 14.6. The van der Waals surface area contributed by atoms with Gasteiger partial charge < -0.3 is 10.2 Å². The molecule has 0 aliphatic carbocycles. The number of amides is 2. The molecule has 0 aromatic heterocycles. The Kier molecular flexibility index (Phi) is 4.65. The van der Waals surface area contributed by atoms with Crippen LogP contribution in [0.15, 0.2) is 48.5 Å². The van der Waals surface area contributed by atoms with Crippen LogP contribution in [-0.2, 0) is 6.42 Å². The van der Waals surface area contributed by atoms with E-state index in [1.807, 2.05) is 17.0 Å². The quantitative estimate of drug-likeness (QED) is 0.857. The molecule has 1 aliphatic rings. The van der Waals surface area contributed by atoms with Crippen molar-refractivity contribution in [3.05, 3.63) is 65.2 Å². The van der Waals surface area contributed by atoms with Gasteiger partial charge in [0.25, 0.3) is 0 Å². The number of carbonyl (C=O) groups is 1. The monoisotopic (exact) mass is 308 g/mol. The molecule has 1 aliphatic heterocycles. The minimum atomic E-state index is -0.00162. The average Bonchev–Trinajstić information content (AvgIpc) is 3.05. The van der Waals surface area contributed by atoms with Gasteiger partial charge >= 0.3 is 6.03 Å². The molecule has 0 spiro atoms. The van der Waals surface area contributed by atoms with Gasteiger partial charge in [0.1, 0.15) is 0 Å². The number of urea groups is 1. The first kappa shape index (κ1) is 15.6. The van der Waals surface area contributed by atoms with Crippen molar-refractivity contribution in [2.45, 2.75) is 39.2 Å². The maximum absolute atomic E-state index is 12.7. The van der Waals surface area contributed by atoms with Crippen molar-refractivity contribution in [1.82, 2.24) is 4.90 Å². The highest BCUT2D eigenvalue weighted by molar-refractivity contribution is 5.89. The molecule has 1 atom stereocenters. The smallest absolute Gasteiger partial charge is 0.317 e. The molecule has 1 saturated heterocycles. The van der Waals surface area contributed by atoms with Crippen LogP contribution in [0.3, 0.4) is 0 Å². The number of hydrogen-bond donors (Lipinski definition) is 1. The number of benzene rings is 2. The molecule has 0 bridgehead atoms. The van der Waals surface area contributed by atoms with Gasteiger partial charge in [-0.15, -0.1) is 0 Å². The molecule has 3 nitrogen and oxygen atoms in total. The second-order valence-corrected chi connectivity index (χ2v) is 6.25. The Morgan fingerprint density at radius 3 is 2.70 bits per heavy atom. The van der Waals surface area contributed by atoms with Crippen LogP contribution in [0.5, 0.6) is 0 Å². The van der Waals surface area contributed by atoms with Gasteiger partial charge in [0, 0.05) is 12.2 Å². The summed E-state index contributed by atoms with van der Waals surface area (Å²) in [5, 5.41) is 3.04. The predicted molar refractivity (Wildman–Crippen MR) is 94.7 cm³/mol. The Balaban J connectivity index is 1.72. The zero-order valence-electron chi connectivity index (χ0n) is 13.9. The molecule has 1 heterocycles. The van der Waals surface area contributed by atoms with Crippen LogP contribution in [-0.4, -0.2) is 17.5 Å². The number of nitrogens with one attached hydrogen (secondary N) is 1. The lowest BCUT2D eigenvalue weighted by molar-refractivity contribution is 0.207. The second kappa shape index (κ2) is 6.86. The van der Waals surface area contributed by atoms with Crippen LogP contribution in [0, 0.1) is 6.92 Å². The standard InChI is InChI=1S/C20H24N2O/c1-3-16-9-11-18(12-10-16)21-20(23)22-13-5-8-19(22)17-7-4-6-15(2)14-17/h4,6-7,9-12,14,19H,3,5,8,13H2,1-2H3,(H,21,23). The van der Waals surface area contributed by atoms with E-state index in [9.17, 15) is 4.79 Å². The first-order valence-corrected chi connectivity index (χ1v) is 8.40. The summed E-state index contributed by atoms with van der Waals surface area (Å²) in [5.41, 5.74) is 4.62. The highest BCUT2D eigenvalue weighted by atomic mass is 16.2. The van der Waals surface area contributed by atoms with E-state index in [1.54, 1.807) is 0 Å². The maximum atomic E-state index is 12.7. The van der Waals surface area contributed by atoms with Crippen molar-refractivity contribution in [3.63, 3.8) is 0 Å². The van der Waals surface area contributed by atoms with Crippen molar-refractivity contribution >= 4 is 11.7 Å². The van der Waals surface area contributed by atoms with Gasteiger partial charge in [0.15, 0.2) is 0 Å². The fourth-order valence-corrected chi connectivity index (χ4v) is 3.25. The summed E-state index contributed by atoms with van der Waals surface area (Å²) in [6.07, 6.45) is 3.10. The molecule has 23 heavy (non-hydrogen) atoms. The molecule has 0 radical (unpaired) electrons.